The molecule has 3 aliphatic carbocycles. The summed E-state index contributed by atoms with van der Waals surface area (Å²) >= 11 is 0.847. The average molecular weight is 224 g/mol. The van der Waals surface area contributed by atoms with E-state index in [-0.39, 0.29) is 0 Å². The zero-order valence-corrected chi connectivity index (χ0v) is 11.1. The summed E-state index contributed by atoms with van der Waals surface area (Å²) in [5.41, 5.74) is 0.880. The van der Waals surface area contributed by atoms with Crippen LogP contribution in [-0.2, 0) is 17.3 Å². The van der Waals surface area contributed by atoms with Gasteiger partial charge in [0.05, 0.1) is 0 Å². The van der Waals surface area contributed by atoms with E-state index in [0.29, 0.717) is 0 Å². The summed E-state index contributed by atoms with van der Waals surface area (Å²) < 4.78 is 0. The van der Waals surface area contributed by atoms with Crippen molar-refractivity contribution in [3.8, 4) is 0 Å². The van der Waals surface area contributed by atoms with Crippen molar-refractivity contribution in [3.05, 3.63) is 5.92 Å². The van der Waals surface area contributed by atoms with E-state index in [9.17, 15) is 0 Å². The Hall–Kier alpha value is 0.913. The fourth-order valence-corrected chi connectivity index (χ4v) is 2.25. The van der Waals surface area contributed by atoms with Crippen LogP contribution in [0.25, 0.3) is 0 Å². The molecule has 3 aliphatic rings. The molecule has 60 valence electrons. The third-order valence-electron chi connectivity index (χ3n) is 2.94. The van der Waals surface area contributed by atoms with Gasteiger partial charge in [-0.05, 0) is 0 Å². The molecule has 0 N–H and O–H groups in total. The maximum atomic E-state index is 4.76. The molecule has 11 heavy (non-hydrogen) atoms. The molecule has 2 heteroatoms. The molecule has 3 saturated carbocycles. The summed E-state index contributed by atoms with van der Waals surface area (Å²) in [4.78, 5) is 0. The van der Waals surface area contributed by atoms with Gasteiger partial charge >= 0.3 is 27.0 Å². The standard InChI is InChI=1S/C9H15.ClH.Zn/c1-2-3-4-9-5-8(6-9)7-9;;/h2-7H2,1H3;1H;/q-1;;+2/p-1. The van der Waals surface area contributed by atoms with Crippen LogP contribution in [0.3, 0.4) is 0 Å². The normalized spacial score (nSPS) is 24.4. The van der Waals surface area contributed by atoms with E-state index >= 15 is 0 Å². The Morgan fingerprint density at radius 2 is 1.91 bits per heavy atom. The van der Waals surface area contributed by atoms with Crippen LogP contribution >= 0.6 is 9.69 Å². The van der Waals surface area contributed by atoms with Gasteiger partial charge in [-0.1, -0.05) is 26.2 Å². The van der Waals surface area contributed by atoms with E-state index in [1.807, 2.05) is 5.92 Å². The molecule has 0 unspecified atom stereocenters. The number of hydrogen-bond donors (Lipinski definition) is 0. The Balaban J connectivity index is 0.000000281. The van der Waals surface area contributed by atoms with Crippen molar-refractivity contribution in [2.45, 2.75) is 45.4 Å². The molecule has 0 heterocycles. The van der Waals surface area contributed by atoms with E-state index in [1.54, 1.807) is 0 Å². The molecule has 0 nitrogen and oxygen atoms in total. The summed E-state index contributed by atoms with van der Waals surface area (Å²) in [6.45, 7) is 2.29. The van der Waals surface area contributed by atoms with Gasteiger partial charge in [0.25, 0.3) is 0 Å². The van der Waals surface area contributed by atoms with Crippen molar-refractivity contribution in [1.29, 1.82) is 0 Å². The van der Waals surface area contributed by atoms with Crippen LogP contribution in [-0.4, -0.2) is 0 Å². The molecule has 0 amide bonds. The molecule has 0 spiro atoms. The van der Waals surface area contributed by atoms with Gasteiger partial charge in [0.1, 0.15) is 0 Å². The zero-order valence-electron chi connectivity index (χ0n) is 7.33. The van der Waals surface area contributed by atoms with E-state index in [1.165, 1.54) is 38.5 Å². The van der Waals surface area contributed by atoms with Crippen molar-refractivity contribution in [3.63, 3.8) is 0 Å². The summed E-state index contributed by atoms with van der Waals surface area (Å²) in [6, 6.07) is 0. The molecular formula is C9H15ClZn. The molecule has 0 aliphatic heterocycles. The Kier molecular flexibility index (Phi) is 3.85. The number of unbranched alkanes of at least 4 members (excludes halogenated alkanes) is 1. The van der Waals surface area contributed by atoms with Gasteiger partial charge in [-0.3, -0.25) is 0 Å². The number of halogens is 1. The SMILES string of the molecule is CCCCC12C[C-](C1)C2.[Cl][Zn+]. The van der Waals surface area contributed by atoms with Gasteiger partial charge in [-0.2, -0.15) is 19.3 Å². The van der Waals surface area contributed by atoms with Crippen molar-refractivity contribution < 1.29 is 17.3 Å². The molecule has 2 bridgehead atoms. The Labute approximate surface area is 83.8 Å². The monoisotopic (exact) mass is 222 g/mol. The zero-order chi connectivity index (χ0) is 8.32. The molecule has 3 fully saturated rings. The van der Waals surface area contributed by atoms with Gasteiger partial charge in [-0.25, -0.2) is 0 Å². The molecule has 0 aromatic rings. The van der Waals surface area contributed by atoms with E-state index < -0.39 is 0 Å². The molecule has 0 saturated heterocycles. The van der Waals surface area contributed by atoms with E-state index in [4.69, 9.17) is 9.69 Å². The molecule has 0 radical (unpaired) electrons. The molecule has 0 aromatic heterocycles. The second-order valence-corrected chi connectivity index (χ2v) is 3.88. The van der Waals surface area contributed by atoms with Crippen molar-refractivity contribution in [2.75, 3.05) is 0 Å². The quantitative estimate of drug-likeness (QED) is 0.507. The first-order chi connectivity index (χ1) is 5.35. The Morgan fingerprint density at radius 1 is 1.36 bits per heavy atom. The van der Waals surface area contributed by atoms with Crippen LogP contribution in [0.2, 0.25) is 0 Å². The molecular weight excluding hydrogens is 209 g/mol. The van der Waals surface area contributed by atoms with Gasteiger partial charge in [-0.15, -0.1) is 5.41 Å². The summed E-state index contributed by atoms with van der Waals surface area (Å²) in [6.07, 6.45) is 8.89. The van der Waals surface area contributed by atoms with Crippen molar-refractivity contribution >= 4 is 9.69 Å². The van der Waals surface area contributed by atoms with Gasteiger partial charge in [0.2, 0.25) is 0 Å². The van der Waals surface area contributed by atoms with Crippen LogP contribution < -0.4 is 0 Å². The third kappa shape index (κ3) is 1.98. The number of rotatable bonds is 3. The summed E-state index contributed by atoms with van der Waals surface area (Å²) in [7, 11) is 4.76. The van der Waals surface area contributed by atoms with Gasteiger partial charge < -0.3 is 5.92 Å². The first kappa shape index (κ1) is 10.00. The fraction of sp³-hybridized carbons (Fsp3) is 0.889. The summed E-state index contributed by atoms with van der Waals surface area (Å²) in [5.74, 6) is 1.85. The predicted octanol–water partition coefficient (Wildman–Crippen LogP) is 3.62. The minimum absolute atomic E-state index is 0.847. The second-order valence-electron chi connectivity index (χ2n) is 3.88. The van der Waals surface area contributed by atoms with Gasteiger partial charge in [0.15, 0.2) is 0 Å². The Morgan fingerprint density at radius 3 is 2.18 bits per heavy atom. The first-order valence-electron chi connectivity index (χ1n) is 4.45. The average Bonchev–Trinajstić information content (AvgIpc) is 1.87. The molecule has 0 atom stereocenters. The first-order valence-corrected chi connectivity index (χ1v) is 8.35. The number of hydrogen-bond acceptors (Lipinski definition) is 0. The van der Waals surface area contributed by atoms with Crippen LogP contribution in [0.1, 0.15) is 45.4 Å². The maximum absolute atomic E-state index is 4.76. The van der Waals surface area contributed by atoms with Crippen molar-refractivity contribution in [2.24, 2.45) is 5.41 Å². The summed E-state index contributed by atoms with van der Waals surface area (Å²) in [5, 5.41) is 0. The topological polar surface area (TPSA) is 0 Å². The van der Waals surface area contributed by atoms with Crippen LogP contribution in [0.15, 0.2) is 0 Å². The molecule has 3 rings (SSSR count). The van der Waals surface area contributed by atoms with Crippen LogP contribution in [0.5, 0.6) is 0 Å². The van der Waals surface area contributed by atoms with Crippen LogP contribution in [0.4, 0.5) is 0 Å². The molecule has 0 aromatic carbocycles. The second kappa shape index (κ2) is 4.24. The Bertz CT molecular complexity index is 108. The van der Waals surface area contributed by atoms with Gasteiger partial charge in [0, 0.05) is 0 Å². The third-order valence-corrected chi connectivity index (χ3v) is 2.94. The minimum atomic E-state index is 0.847. The van der Waals surface area contributed by atoms with Crippen LogP contribution in [0, 0.1) is 11.3 Å². The van der Waals surface area contributed by atoms with Crippen molar-refractivity contribution in [1.82, 2.24) is 0 Å². The van der Waals surface area contributed by atoms with E-state index in [2.05, 4.69) is 6.92 Å². The van der Waals surface area contributed by atoms with E-state index in [0.717, 1.165) is 22.7 Å². The fourth-order valence-electron chi connectivity index (χ4n) is 2.25. The predicted molar refractivity (Wildman–Crippen MR) is 44.9 cm³/mol.